The third-order valence-corrected chi connectivity index (χ3v) is 2.40. The van der Waals surface area contributed by atoms with Gasteiger partial charge in [-0.3, -0.25) is 4.99 Å². The Bertz CT molecular complexity index is 553. The Kier molecular flexibility index (Phi) is 3.91. The highest BCUT2D eigenvalue weighted by atomic mass is 16.5. The maximum atomic E-state index is 5.15. The minimum absolute atomic E-state index is 0.559. The highest BCUT2D eigenvalue weighted by Crippen LogP contribution is 2.20. The van der Waals surface area contributed by atoms with Crippen LogP contribution in [0.25, 0.3) is 0 Å². The molecule has 0 saturated heterocycles. The van der Waals surface area contributed by atoms with E-state index in [0.717, 1.165) is 17.0 Å². The fraction of sp³-hybridized carbons (Fsp3) is 0.143. The molecule has 18 heavy (non-hydrogen) atoms. The first kappa shape index (κ1) is 12.1. The van der Waals surface area contributed by atoms with Gasteiger partial charge in [0.25, 0.3) is 0 Å². The second-order valence-electron chi connectivity index (χ2n) is 3.56. The van der Waals surface area contributed by atoms with E-state index in [1.165, 1.54) is 0 Å². The van der Waals surface area contributed by atoms with Crippen molar-refractivity contribution in [1.82, 2.24) is 4.98 Å². The molecule has 4 nitrogen and oxygen atoms in total. The summed E-state index contributed by atoms with van der Waals surface area (Å²) in [5, 5.41) is 0. The standard InChI is InChI=1S/C14H14N2O2/c1-17-13-7-3-6-12(9-13)16-10-11-5-4-8-15-14(11)18-2/h3-10H,1-2H3/b16-10-. The number of methoxy groups -OCH3 is 2. The third kappa shape index (κ3) is 2.85. The maximum absolute atomic E-state index is 5.15. The summed E-state index contributed by atoms with van der Waals surface area (Å²) in [5.74, 6) is 1.34. The van der Waals surface area contributed by atoms with Gasteiger partial charge in [-0.05, 0) is 24.3 Å². The number of hydrogen-bond donors (Lipinski definition) is 0. The lowest BCUT2D eigenvalue weighted by Crippen LogP contribution is -1.92. The van der Waals surface area contributed by atoms with Gasteiger partial charge in [0, 0.05) is 18.5 Å². The molecule has 0 aliphatic heterocycles. The van der Waals surface area contributed by atoms with Gasteiger partial charge in [-0.15, -0.1) is 0 Å². The molecule has 0 atom stereocenters. The molecule has 4 heteroatoms. The topological polar surface area (TPSA) is 43.7 Å². The Morgan fingerprint density at radius 2 is 2.00 bits per heavy atom. The van der Waals surface area contributed by atoms with E-state index in [-0.39, 0.29) is 0 Å². The molecule has 0 N–H and O–H groups in total. The average molecular weight is 242 g/mol. The van der Waals surface area contributed by atoms with Crippen molar-refractivity contribution in [3.05, 3.63) is 48.2 Å². The SMILES string of the molecule is COc1cccc(/N=C\c2cccnc2OC)c1. The van der Waals surface area contributed by atoms with Crippen LogP contribution in [0.3, 0.4) is 0 Å². The van der Waals surface area contributed by atoms with Gasteiger partial charge in [-0.25, -0.2) is 4.98 Å². The van der Waals surface area contributed by atoms with E-state index in [2.05, 4.69) is 9.98 Å². The van der Waals surface area contributed by atoms with Gasteiger partial charge in [0.2, 0.25) is 5.88 Å². The smallest absolute Gasteiger partial charge is 0.221 e. The number of aliphatic imine (C=N–C) groups is 1. The third-order valence-electron chi connectivity index (χ3n) is 2.40. The Balaban J connectivity index is 2.24. The first-order valence-corrected chi connectivity index (χ1v) is 5.50. The molecular formula is C14H14N2O2. The number of rotatable bonds is 4. The predicted molar refractivity (Wildman–Crippen MR) is 71.0 cm³/mol. The molecule has 1 aromatic carbocycles. The Morgan fingerprint density at radius 1 is 1.11 bits per heavy atom. The summed E-state index contributed by atoms with van der Waals surface area (Å²) >= 11 is 0. The van der Waals surface area contributed by atoms with Crippen LogP contribution < -0.4 is 9.47 Å². The van der Waals surface area contributed by atoms with Gasteiger partial charge in [-0.1, -0.05) is 6.07 Å². The maximum Gasteiger partial charge on any atom is 0.221 e. The molecule has 0 aliphatic carbocycles. The normalized spacial score (nSPS) is 10.6. The zero-order valence-electron chi connectivity index (χ0n) is 10.3. The predicted octanol–water partition coefficient (Wildman–Crippen LogP) is 2.85. The molecule has 1 heterocycles. The number of pyridine rings is 1. The molecule has 0 amide bonds. The zero-order chi connectivity index (χ0) is 12.8. The number of hydrogen-bond acceptors (Lipinski definition) is 4. The Morgan fingerprint density at radius 3 is 2.78 bits per heavy atom. The molecule has 92 valence electrons. The van der Waals surface area contributed by atoms with E-state index in [4.69, 9.17) is 9.47 Å². The average Bonchev–Trinajstić information content (AvgIpc) is 2.45. The molecular weight excluding hydrogens is 228 g/mol. The molecule has 0 aliphatic rings. The summed E-state index contributed by atoms with van der Waals surface area (Å²) in [6.45, 7) is 0. The number of aromatic nitrogens is 1. The van der Waals surface area contributed by atoms with Crippen LogP contribution in [0.2, 0.25) is 0 Å². The van der Waals surface area contributed by atoms with E-state index in [1.54, 1.807) is 26.6 Å². The van der Waals surface area contributed by atoms with Crippen LogP contribution >= 0.6 is 0 Å². The van der Waals surface area contributed by atoms with Gasteiger partial charge >= 0.3 is 0 Å². The second-order valence-corrected chi connectivity index (χ2v) is 3.56. The lowest BCUT2D eigenvalue weighted by atomic mass is 10.3. The van der Waals surface area contributed by atoms with Gasteiger partial charge in [-0.2, -0.15) is 0 Å². The van der Waals surface area contributed by atoms with Crippen molar-refractivity contribution < 1.29 is 9.47 Å². The fourth-order valence-electron chi connectivity index (χ4n) is 1.51. The summed E-state index contributed by atoms with van der Waals surface area (Å²) in [7, 11) is 3.22. The number of nitrogens with zero attached hydrogens (tertiary/aromatic N) is 2. The summed E-state index contributed by atoms with van der Waals surface area (Å²) in [4.78, 5) is 8.47. The molecule has 0 bridgehead atoms. The molecule has 2 aromatic rings. The molecule has 0 radical (unpaired) electrons. The summed E-state index contributed by atoms with van der Waals surface area (Å²) in [5.41, 5.74) is 1.66. The molecule has 0 fully saturated rings. The highest BCUT2D eigenvalue weighted by molar-refractivity contribution is 5.84. The van der Waals surface area contributed by atoms with Gasteiger partial charge in [0.1, 0.15) is 5.75 Å². The van der Waals surface area contributed by atoms with Crippen molar-refractivity contribution in [3.63, 3.8) is 0 Å². The van der Waals surface area contributed by atoms with E-state index >= 15 is 0 Å². The van der Waals surface area contributed by atoms with Crippen LogP contribution in [0.15, 0.2) is 47.6 Å². The molecule has 0 unspecified atom stereocenters. The van der Waals surface area contributed by atoms with E-state index in [9.17, 15) is 0 Å². The van der Waals surface area contributed by atoms with Crippen molar-refractivity contribution in [3.8, 4) is 11.6 Å². The largest absolute Gasteiger partial charge is 0.497 e. The lowest BCUT2D eigenvalue weighted by molar-refractivity contribution is 0.397. The quantitative estimate of drug-likeness (QED) is 0.774. The van der Waals surface area contributed by atoms with Crippen LogP contribution in [0, 0.1) is 0 Å². The van der Waals surface area contributed by atoms with Crippen molar-refractivity contribution in [1.29, 1.82) is 0 Å². The van der Waals surface area contributed by atoms with Crippen LogP contribution in [0.5, 0.6) is 11.6 Å². The van der Waals surface area contributed by atoms with Crippen LogP contribution in [0.4, 0.5) is 5.69 Å². The second kappa shape index (κ2) is 5.82. The molecule has 0 saturated carbocycles. The monoisotopic (exact) mass is 242 g/mol. The number of ether oxygens (including phenoxy) is 2. The summed E-state index contributed by atoms with van der Waals surface area (Å²) in [6, 6.07) is 11.3. The summed E-state index contributed by atoms with van der Waals surface area (Å²) < 4.78 is 10.3. The minimum Gasteiger partial charge on any atom is -0.497 e. The Hall–Kier alpha value is -2.36. The first-order valence-electron chi connectivity index (χ1n) is 5.50. The van der Waals surface area contributed by atoms with Gasteiger partial charge < -0.3 is 9.47 Å². The number of benzene rings is 1. The van der Waals surface area contributed by atoms with Crippen molar-refractivity contribution in [2.75, 3.05) is 14.2 Å². The van der Waals surface area contributed by atoms with Gasteiger partial charge in [0.15, 0.2) is 0 Å². The minimum atomic E-state index is 0.559. The lowest BCUT2D eigenvalue weighted by Gasteiger charge is -2.02. The first-order chi connectivity index (χ1) is 8.83. The Labute approximate surface area is 106 Å². The van der Waals surface area contributed by atoms with Gasteiger partial charge in [0.05, 0.1) is 25.5 Å². The van der Waals surface area contributed by atoms with Crippen LogP contribution in [-0.4, -0.2) is 25.4 Å². The summed E-state index contributed by atoms with van der Waals surface area (Å²) in [6.07, 6.45) is 3.41. The van der Waals surface area contributed by atoms with E-state index in [1.807, 2.05) is 36.4 Å². The zero-order valence-corrected chi connectivity index (χ0v) is 10.3. The van der Waals surface area contributed by atoms with Crippen LogP contribution in [0.1, 0.15) is 5.56 Å². The van der Waals surface area contributed by atoms with Crippen molar-refractivity contribution in [2.45, 2.75) is 0 Å². The molecule has 1 aromatic heterocycles. The molecule has 0 spiro atoms. The van der Waals surface area contributed by atoms with E-state index < -0.39 is 0 Å². The van der Waals surface area contributed by atoms with Crippen LogP contribution in [-0.2, 0) is 0 Å². The van der Waals surface area contributed by atoms with Crippen molar-refractivity contribution in [2.24, 2.45) is 4.99 Å². The van der Waals surface area contributed by atoms with E-state index in [0.29, 0.717) is 5.88 Å². The van der Waals surface area contributed by atoms with Crippen molar-refractivity contribution >= 4 is 11.9 Å². The highest BCUT2D eigenvalue weighted by Gasteiger charge is 1.99. The fourth-order valence-corrected chi connectivity index (χ4v) is 1.51. The molecule has 2 rings (SSSR count).